The van der Waals surface area contributed by atoms with Gasteiger partial charge in [0.25, 0.3) is 0 Å². The molecule has 2 aromatic heterocycles. The molecule has 2 aliphatic rings. The summed E-state index contributed by atoms with van der Waals surface area (Å²) in [4.78, 5) is 0. The third kappa shape index (κ3) is 5.85. The number of aliphatic hydroxyl groups excluding tert-OH is 3. The fourth-order valence-corrected chi connectivity index (χ4v) is 6.93. The molecule has 0 saturated carbocycles. The Morgan fingerprint density at radius 3 is 2.27 bits per heavy atom. The van der Waals surface area contributed by atoms with E-state index in [2.05, 4.69) is 20.6 Å². The number of aromatic nitrogens is 6. The molecule has 2 saturated heterocycles. The Bertz CT molecular complexity index is 1560. The summed E-state index contributed by atoms with van der Waals surface area (Å²) in [6.07, 6.45) is -1.17. The van der Waals surface area contributed by atoms with Gasteiger partial charge in [-0.25, -0.2) is 22.5 Å². The van der Waals surface area contributed by atoms with Crippen LogP contribution < -0.4 is 0 Å². The molecule has 2 aromatic carbocycles. The number of rotatable bonds is 8. The second kappa shape index (κ2) is 12.9. The molecule has 8 unspecified atom stereocenters. The monoisotopic (exact) mass is 634 g/mol. The van der Waals surface area contributed by atoms with Crippen molar-refractivity contribution in [3.05, 3.63) is 72.3 Å². The van der Waals surface area contributed by atoms with Crippen LogP contribution in [-0.4, -0.2) is 107 Å². The zero-order chi connectivity index (χ0) is 31.0. The SMILES string of the molecule is COC1C(SC2COCC(n3cc(-c4ccccc4)nn3)C2O)OC(CO)C(O)C1n1cc(-c2cc(F)c(F)c(F)c2)nn1. The van der Waals surface area contributed by atoms with Crippen LogP contribution in [0.15, 0.2) is 54.9 Å². The Hall–Kier alpha value is -3.38. The van der Waals surface area contributed by atoms with Crippen molar-refractivity contribution in [2.24, 2.45) is 0 Å². The summed E-state index contributed by atoms with van der Waals surface area (Å²) >= 11 is 1.20. The highest BCUT2D eigenvalue weighted by atomic mass is 32.2. The molecule has 4 heterocycles. The van der Waals surface area contributed by atoms with Gasteiger partial charge in [-0.05, 0) is 12.1 Å². The normalized spacial score (nSPS) is 29.2. The number of nitrogens with zero attached hydrogens (tertiary/aromatic N) is 6. The maximum atomic E-state index is 13.9. The molecule has 0 spiro atoms. The molecule has 4 aromatic rings. The summed E-state index contributed by atoms with van der Waals surface area (Å²) in [5, 5.41) is 48.5. The number of hydrogen-bond donors (Lipinski definition) is 3. The molecular formula is C28H29F3N6O6S. The van der Waals surface area contributed by atoms with E-state index >= 15 is 0 Å². The first-order valence-corrected chi connectivity index (χ1v) is 14.7. The quantitative estimate of drug-likeness (QED) is 0.244. The Labute approximate surface area is 253 Å². The summed E-state index contributed by atoms with van der Waals surface area (Å²) < 4.78 is 61.7. The van der Waals surface area contributed by atoms with Crippen molar-refractivity contribution in [2.75, 3.05) is 26.9 Å². The molecule has 0 amide bonds. The number of halogens is 3. The number of ether oxygens (including phenoxy) is 3. The first-order chi connectivity index (χ1) is 21.3. The highest BCUT2D eigenvalue weighted by molar-refractivity contribution is 8.00. The van der Waals surface area contributed by atoms with Crippen molar-refractivity contribution in [1.82, 2.24) is 30.0 Å². The fourth-order valence-electron chi connectivity index (χ4n) is 5.44. The second-order valence-corrected chi connectivity index (χ2v) is 11.8. The lowest BCUT2D eigenvalue weighted by molar-refractivity contribution is -0.186. The van der Waals surface area contributed by atoms with E-state index in [1.54, 1.807) is 10.9 Å². The molecule has 16 heteroatoms. The van der Waals surface area contributed by atoms with Crippen LogP contribution in [0.4, 0.5) is 13.2 Å². The first kappa shape index (κ1) is 30.6. The number of methoxy groups -OCH3 is 1. The van der Waals surface area contributed by atoms with Gasteiger partial charge in [-0.1, -0.05) is 40.8 Å². The lowest BCUT2D eigenvalue weighted by Crippen LogP contribution is -2.56. The number of thioether (sulfide) groups is 1. The predicted octanol–water partition coefficient (Wildman–Crippen LogP) is 1.99. The van der Waals surface area contributed by atoms with E-state index in [4.69, 9.17) is 14.2 Å². The molecule has 44 heavy (non-hydrogen) atoms. The van der Waals surface area contributed by atoms with E-state index < -0.39 is 71.2 Å². The number of hydrogen-bond acceptors (Lipinski definition) is 11. The fraction of sp³-hybridized carbons (Fsp3) is 0.429. The standard InChI is InChI=1S/C28H29F3N6O6S/c1-41-27-24(37-10-19(33-35-37)15-7-16(29)23(31)17(30)8-15)26(40)21(11-38)43-28(27)44-22-13-42-12-20(25(22)39)36-9-18(32-34-36)14-5-3-2-4-6-14/h2-10,20-22,24-28,38-40H,11-13H2,1H3. The van der Waals surface area contributed by atoms with E-state index in [9.17, 15) is 28.5 Å². The summed E-state index contributed by atoms with van der Waals surface area (Å²) in [6.45, 7) is -0.179. The van der Waals surface area contributed by atoms with Crippen molar-refractivity contribution in [2.45, 2.75) is 47.2 Å². The molecule has 234 valence electrons. The maximum Gasteiger partial charge on any atom is 0.194 e. The van der Waals surface area contributed by atoms with E-state index in [-0.39, 0.29) is 24.5 Å². The van der Waals surface area contributed by atoms with Gasteiger partial charge in [-0.15, -0.1) is 22.0 Å². The van der Waals surface area contributed by atoms with Gasteiger partial charge in [0.1, 0.15) is 47.2 Å². The van der Waals surface area contributed by atoms with Crippen molar-refractivity contribution >= 4 is 11.8 Å². The molecule has 8 atom stereocenters. The van der Waals surface area contributed by atoms with Crippen LogP contribution in [0.5, 0.6) is 0 Å². The van der Waals surface area contributed by atoms with E-state index in [1.165, 1.54) is 29.8 Å². The number of aliphatic hydroxyl groups is 3. The predicted molar refractivity (Wildman–Crippen MR) is 150 cm³/mol. The van der Waals surface area contributed by atoms with Crippen LogP contribution in [0.2, 0.25) is 0 Å². The van der Waals surface area contributed by atoms with Gasteiger partial charge in [0.2, 0.25) is 0 Å². The van der Waals surface area contributed by atoms with Crippen LogP contribution >= 0.6 is 11.8 Å². The second-order valence-electron chi connectivity index (χ2n) is 10.5. The molecular weight excluding hydrogens is 605 g/mol. The average molecular weight is 635 g/mol. The van der Waals surface area contributed by atoms with Gasteiger partial charge in [-0.3, -0.25) is 0 Å². The average Bonchev–Trinajstić information content (AvgIpc) is 3.72. The van der Waals surface area contributed by atoms with Crippen molar-refractivity contribution in [3.63, 3.8) is 0 Å². The van der Waals surface area contributed by atoms with Crippen molar-refractivity contribution in [3.8, 4) is 22.5 Å². The van der Waals surface area contributed by atoms with E-state index in [0.29, 0.717) is 5.69 Å². The molecule has 12 nitrogen and oxygen atoms in total. The smallest absolute Gasteiger partial charge is 0.194 e. The molecule has 0 radical (unpaired) electrons. The topological polar surface area (TPSA) is 150 Å². The van der Waals surface area contributed by atoms with Crippen LogP contribution in [0, 0.1) is 17.5 Å². The third-order valence-corrected chi connectivity index (χ3v) is 9.18. The van der Waals surface area contributed by atoms with Crippen LogP contribution in [0.1, 0.15) is 12.1 Å². The van der Waals surface area contributed by atoms with Gasteiger partial charge >= 0.3 is 0 Å². The van der Waals surface area contributed by atoms with Crippen molar-refractivity contribution < 1.29 is 42.7 Å². The third-order valence-electron chi connectivity index (χ3n) is 7.77. The van der Waals surface area contributed by atoms with Gasteiger partial charge < -0.3 is 29.5 Å². The highest BCUT2D eigenvalue weighted by Crippen LogP contribution is 2.41. The highest BCUT2D eigenvalue weighted by Gasteiger charge is 2.49. The summed E-state index contributed by atoms with van der Waals surface area (Å²) in [5.41, 5.74) is 0.632. The Kier molecular flexibility index (Phi) is 9.00. The minimum absolute atomic E-state index is 0.0164. The summed E-state index contributed by atoms with van der Waals surface area (Å²) in [7, 11) is 1.40. The number of benzene rings is 2. The summed E-state index contributed by atoms with van der Waals surface area (Å²) in [6, 6.07) is 9.54. The summed E-state index contributed by atoms with van der Waals surface area (Å²) in [5.74, 6) is -4.38. The molecule has 0 aliphatic carbocycles. The first-order valence-electron chi connectivity index (χ1n) is 13.7. The molecule has 2 fully saturated rings. The lowest BCUT2D eigenvalue weighted by atomic mass is 9.97. The molecule has 0 bridgehead atoms. The van der Waals surface area contributed by atoms with Crippen LogP contribution in [0.3, 0.4) is 0 Å². The molecule has 6 rings (SSSR count). The zero-order valence-corrected chi connectivity index (χ0v) is 24.0. The van der Waals surface area contributed by atoms with Gasteiger partial charge in [-0.2, -0.15) is 0 Å². The van der Waals surface area contributed by atoms with Crippen molar-refractivity contribution in [1.29, 1.82) is 0 Å². The van der Waals surface area contributed by atoms with Gasteiger partial charge in [0.05, 0.1) is 43.6 Å². The maximum absolute atomic E-state index is 13.9. The minimum Gasteiger partial charge on any atom is -0.394 e. The molecule has 3 N–H and O–H groups in total. The Balaban J connectivity index is 1.23. The van der Waals surface area contributed by atoms with E-state index in [1.807, 2.05) is 30.3 Å². The van der Waals surface area contributed by atoms with Gasteiger partial charge in [0, 0.05) is 18.2 Å². The molecule has 2 aliphatic heterocycles. The Morgan fingerprint density at radius 1 is 0.932 bits per heavy atom. The van der Waals surface area contributed by atoms with Gasteiger partial charge in [0.15, 0.2) is 17.5 Å². The van der Waals surface area contributed by atoms with Crippen LogP contribution in [0.25, 0.3) is 22.5 Å². The zero-order valence-electron chi connectivity index (χ0n) is 23.2. The minimum atomic E-state index is -1.61. The largest absolute Gasteiger partial charge is 0.394 e. The lowest BCUT2D eigenvalue weighted by Gasteiger charge is -2.45. The van der Waals surface area contributed by atoms with E-state index in [0.717, 1.165) is 17.7 Å². The van der Waals surface area contributed by atoms with Crippen LogP contribution in [-0.2, 0) is 14.2 Å². The Morgan fingerprint density at radius 2 is 1.59 bits per heavy atom.